The van der Waals surface area contributed by atoms with E-state index in [1.54, 1.807) is 0 Å². The molecule has 0 bridgehead atoms. The molecule has 1 fully saturated rings. The molecule has 1 aliphatic rings. The highest BCUT2D eigenvalue weighted by Gasteiger charge is 2.34. The third-order valence-electron chi connectivity index (χ3n) is 3.91. The van der Waals surface area contributed by atoms with Crippen LogP contribution in [0.3, 0.4) is 0 Å². The van der Waals surface area contributed by atoms with Gasteiger partial charge in [0.2, 0.25) is 0 Å². The Balaban J connectivity index is 2.01. The average molecular weight is 286 g/mol. The number of hydrogen-bond donors (Lipinski definition) is 1. The second kappa shape index (κ2) is 6.49. The molecule has 0 saturated heterocycles. The summed E-state index contributed by atoms with van der Waals surface area (Å²) >= 11 is 0. The fraction of sp³-hybridized carbons (Fsp3) is 0.611. The van der Waals surface area contributed by atoms with E-state index in [4.69, 9.17) is 4.74 Å². The van der Waals surface area contributed by atoms with Crippen LogP contribution in [0.15, 0.2) is 24.3 Å². The topological polar surface area (TPSA) is 45.0 Å². The Kier molecular flexibility index (Phi) is 4.90. The first kappa shape index (κ1) is 15.9. The lowest BCUT2D eigenvalue weighted by Crippen LogP contribution is -2.45. The van der Waals surface area contributed by atoms with Gasteiger partial charge in [-0.3, -0.25) is 5.32 Å². The number of rotatable bonds is 7. The maximum atomic E-state index is 9.45. The third-order valence-corrected chi connectivity index (χ3v) is 3.91. The highest BCUT2D eigenvalue weighted by Crippen LogP contribution is 2.29. The summed E-state index contributed by atoms with van der Waals surface area (Å²) in [6.45, 7) is 8.35. The number of para-hydroxylation sites is 1. The zero-order valence-electron chi connectivity index (χ0n) is 13.5. The van der Waals surface area contributed by atoms with Gasteiger partial charge >= 0.3 is 0 Å². The van der Waals surface area contributed by atoms with Crippen molar-refractivity contribution in [3.63, 3.8) is 0 Å². The van der Waals surface area contributed by atoms with E-state index < -0.39 is 5.54 Å². The van der Waals surface area contributed by atoms with Crippen LogP contribution in [-0.2, 0) is 0 Å². The summed E-state index contributed by atoms with van der Waals surface area (Å²) in [4.78, 5) is 0. The van der Waals surface area contributed by atoms with E-state index in [0.717, 1.165) is 5.75 Å². The maximum absolute atomic E-state index is 9.45. The van der Waals surface area contributed by atoms with Crippen LogP contribution in [0.2, 0.25) is 0 Å². The van der Waals surface area contributed by atoms with Crippen LogP contribution in [0.25, 0.3) is 0 Å². The molecule has 0 heterocycles. The number of nitrogens with zero attached hydrogens (tertiary/aromatic N) is 1. The fourth-order valence-corrected chi connectivity index (χ4v) is 2.71. The second-order valence-electron chi connectivity index (χ2n) is 6.69. The minimum atomic E-state index is -0.507. The predicted octanol–water partition coefficient (Wildman–Crippen LogP) is 4.00. The van der Waals surface area contributed by atoms with Crippen LogP contribution in [0.5, 0.6) is 5.75 Å². The highest BCUT2D eigenvalue weighted by molar-refractivity contribution is 5.35. The van der Waals surface area contributed by atoms with Crippen molar-refractivity contribution < 1.29 is 4.74 Å². The summed E-state index contributed by atoms with van der Waals surface area (Å²) in [6, 6.07) is 11.1. The Bertz CT molecular complexity index is 516. The smallest absolute Gasteiger partial charge is 0.123 e. The van der Waals surface area contributed by atoms with Gasteiger partial charge in [-0.25, -0.2) is 0 Å². The second-order valence-corrected chi connectivity index (χ2v) is 6.69. The molecular weight excluding hydrogens is 260 g/mol. The van der Waals surface area contributed by atoms with Crippen LogP contribution in [0, 0.1) is 11.3 Å². The van der Waals surface area contributed by atoms with Gasteiger partial charge in [0.15, 0.2) is 0 Å². The van der Waals surface area contributed by atoms with E-state index in [1.165, 1.54) is 18.4 Å². The van der Waals surface area contributed by atoms with Crippen molar-refractivity contribution in [3.05, 3.63) is 29.8 Å². The van der Waals surface area contributed by atoms with E-state index in [2.05, 4.69) is 31.3 Å². The van der Waals surface area contributed by atoms with Crippen molar-refractivity contribution in [2.45, 2.75) is 70.6 Å². The van der Waals surface area contributed by atoms with Crippen molar-refractivity contribution in [2.75, 3.05) is 0 Å². The monoisotopic (exact) mass is 286 g/mol. The first-order chi connectivity index (χ1) is 9.93. The summed E-state index contributed by atoms with van der Waals surface area (Å²) in [6.07, 6.45) is 3.05. The molecule has 3 nitrogen and oxygen atoms in total. The highest BCUT2D eigenvalue weighted by atomic mass is 16.5. The zero-order valence-corrected chi connectivity index (χ0v) is 13.5. The van der Waals surface area contributed by atoms with E-state index in [1.807, 2.05) is 32.0 Å². The molecule has 1 aliphatic carbocycles. The van der Waals surface area contributed by atoms with Crippen LogP contribution in [0.4, 0.5) is 0 Å². The van der Waals surface area contributed by atoms with Gasteiger partial charge in [-0.2, -0.15) is 5.26 Å². The maximum Gasteiger partial charge on any atom is 0.123 e. The lowest BCUT2D eigenvalue weighted by molar-refractivity contribution is 0.177. The Hall–Kier alpha value is -1.53. The number of nitriles is 1. The van der Waals surface area contributed by atoms with Crippen LogP contribution < -0.4 is 10.1 Å². The van der Waals surface area contributed by atoms with E-state index in [-0.39, 0.29) is 6.10 Å². The van der Waals surface area contributed by atoms with Gasteiger partial charge in [-0.1, -0.05) is 32.0 Å². The van der Waals surface area contributed by atoms with E-state index >= 15 is 0 Å². The van der Waals surface area contributed by atoms with Crippen molar-refractivity contribution in [1.82, 2.24) is 5.32 Å². The van der Waals surface area contributed by atoms with Gasteiger partial charge in [0.05, 0.1) is 12.2 Å². The summed E-state index contributed by atoms with van der Waals surface area (Å²) in [5, 5.41) is 12.9. The summed E-state index contributed by atoms with van der Waals surface area (Å²) in [5.74, 6) is 1.37. The number of benzene rings is 1. The minimum Gasteiger partial charge on any atom is -0.490 e. The molecule has 0 aliphatic heterocycles. The lowest BCUT2D eigenvalue weighted by atomic mass is 9.96. The lowest BCUT2D eigenvalue weighted by Gasteiger charge is -2.28. The number of nitrogens with one attached hydrogen (secondary N) is 1. The number of ether oxygens (including phenoxy) is 1. The van der Waals surface area contributed by atoms with Gasteiger partial charge in [0.1, 0.15) is 11.3 Å². The standard InChI is InChI=1S/C18H26N2O/c1-13(2)16-7-5-6-8-17(16)21-14(3)11-18(4,12-19)20-15-9-10-15/h5-8,13-15,20H,9-11H2,1-4H3. The molecule has 1 saturated carbocycles. The third kappa shape index (κ3) is 4.47. The largest absolute Gasteiger partial charge is 0.490 e. The average Bonchev–Trinajstić information content (AvgIpc) is 3.22. The van der Waals surface area contributed by atoms with Crippen LogP contribution in [0.1, 0.15) is 58.4 Å². The van der Waals surface area contributed by atoms with Gasteiger partial charge in [0, 0.05) is 12.5 Å². The quantitative estimate of drug-likeness (QED) is 0.824. The van der Waals surface area contributed by atoms with Gasteiger partial charge in [-0.15, -0.1) is 0 Å². The van der Waals surface area contributed by atoms with Crippen LogP contribution >= 0.6 is 0 Å². The molecule has 0 aromatic heterocycles. The summed E-state index contributed by atoms with van der Waals surface area (Å²) < 4.78 is 6.12. The molecule has 21 heavy (non-hydrogen) atoms. The van der Waals surface area contributed by atoms with E-state index in [9.17, 15) is 5.26 Å². The van der Waals surface area contributed by atoms with Crippen molar-refractivity contribution in [1.29, 1.82) is 5.26 Å². The Morgan fingerprint density at radius 1 is 1.33 bits per heavy atom. The van der Waals surface area contributed by atoms with Crippen LogP contribution in [-0.4, -0.2) is 17.7 Å². The molecule has 1 aromatic rings. The first-order valence-electron chi connectivity index (χ1n) is 7.88. The Morgan fingerprint density at radius 3 is 2.57 bits per heavy atom. The summed E-state index contributed by atoms with van der Waals surface area (Å²) in [7, 11) is 0. The van der Waals surface area contributed by atoms with Crippen molar-refractivity contribution >= 4 is 0 Å². The molecule has 0 radical (unpaired) electrons. The molecule has 2 unspecified atom stereocenters. The minimum absolute atomic E-state index is 0.000741. The van der Waals surface area contributed by atoms with Gasteiger partial charge in [0.25, 0.3) is 0 Å². The predicted molar refractivity (Wildman–Crippen MR) is 85.4 cm³/mol. The molecule has 3 heteroatoms. The molecular formula is C18H26N2O. The molecule has 0 amide bonds. The Morgan fingerprint density at radius 2 is 2.00 bits per heavy atom. The SMILES string of the molecule is CC(CC(C)(C#N)NC1CC1)Oc1ccccc1C(C)C. The van der Waals surface area contributed by atoms with Gasteiger partial charge < -0.3 is 4.74 Å². The van der Waals surface area contributed by atoms with Gasteiger partial charge in [-0.05, 0) is 44.2 Å². The Labute approximate surface area is 128 Å². The number of hydrogen-bond acceptors (Lipinski definition) is 3. The molecule has 2 rings (SSSR count). The molecule has 0 spiro atoms. The van der Waals surface area contributed by atoms with E-state index in [0.29, 0.717) is 18.4 Å². The normalized spacial score (nSPS) is 18.9. The van der Waals surface area contributed by atoms with Crippen molar-refractivity contribution in [3.8, 4) is 11.8 Å². The first-order valence-corrected chi connectivity index (χ1v) is 7.88. The molecule has 114 valence electrons. The van der Waals surface area contributed by atoms with Crippen molar-refractivity contribution in [2.24, 2.45) is 0 Å². The molecule has 2 atom stereocenters. The fourth-order valence-electron chi connectivity index (χ4n) is 2.71. The zero-order chi connectivity index (χ0) is 15.5. The molecule has 1 aromatic carbocycles. The summed E-state index contributed by atoms with van der Waals surface area (Å²) in [5.41, 5.74) is 0.714. The molecule has 1 N–H and O–H groups in total.